The van der Waals surface area contributed by atoms with Crippen LogP contribution in [0.2, 0.25) is 0 Å². The summed E-state index contributed by atoms with van der Waals surface area (Å²) in [4.78, 5) is 20.7. The Balaban J connectivity index is 1.47. The zero-order valence-corrected chi connectivity index (χ0v) is 17.3. The summed E-state index contributed by atoms with van der Waals surface area (Å²) in [7, 11) is 0. The molecular weight excluding hydrogens is 374 g/mol. The van der Waals surface area contributed by atoms with Gasteiger partial charge in [0.15, 0.2) is 0 Å². The summed E-state index contributed by atoms with van der Waals surface area (Å²) in [5.74, 6) is 1.02. The Hall–Kier alpha value is -3.18. The molecule has 0 aliphatic carbocycles. The highest BCUT2D eigenvalue weighted by Crippen LogP contribution is 2.28. The third kappa shape index (κ3) is 4.86. The summed E-state index contributed by atoms with van der Waals surface area (Å²) in [5, 5.41) is 0. The van der Waals surface area contributed by atoms with Gasteiger partial charge in [-0.15, -0.1) is 0 Å². The van der Waals surface area contributed by atoms with E-state index in [0.717, 1.165) is 43.1 Å². The number of aromatic nitrogens is 1. The van der Waals surface area contributed by atoms with Gasteiger partial charge in [-0.2, -0.15) is 0 Å². The average Bonchev–Trinajstić information content (AvgIpc) is 2.79. The van der Waals surface area contributed by atoms with E-state index in [1.807, 2.05) is 59.6 Å². The molecule has 1 atom stereocenters. The van der Waals surface area contributed by atoms with Crippen LogP contribution in [0, 0.1) is 0 Å². The summed E-state index contributed by atoms with van der Waals surface area (Å²) in [6.07, 6.45) is 3.59. The second-order valence-corrected chi connectivity index (χ2v) is 7.63. The van der Waals surface area contributed by atoms with Gasteiger partial charge in [0.1, 0.15) is 12.4 Å². The van der Waals surface area contributed by atoms with Crippen LogP contribution in [0.5, 0.6) is 5.75 Å². The highest BCUT2D eigenvalue weighted by molar-refractivity contribution is 5.74. The number of carbonyl (C=O) groups excluding carboxylic acids is 1. The Morgan fingerprint density at radius 2 is 1.83 bits per heavy atom. The zero-order valence-electron chi connectivity index (χ0n) is 17.3. The molecule has 30 heavy (non-hydrogen) atoms. The first-order valence-electron chi connectivity index (χ1n) is 10.3. The van der Waals surface area contributed by atoms with Crippen LogP contribution in [0.3, 0.4) is 0 Å². The second kappa shape index (κ2) is 9.55. The predicted octanol–water partition coefficient (Wildman–Crippen LogP) is 4.07. The molecule has 154 valence electrons. The van der Waals surface area contributed by atoms with Crippen molar-refractivity contribution >= 4 is 5.91 Å². The van der Waals surface area contributed by atoms with Crippen LogP contribution in [-0.4, -0.2) is 40.3 Å². The zero-order chi connectivity index (χ0) is 20.8. The lowest BCUT2D eigenvalue weighted by Crippen LogP contribution is -2.49. The second-order valence-electron chi connectivity index (χ2n) is 7.63. The monoisotopic (exact) mass is 401 g/mol. The lowest BCUT2D eigenvalue weighted by atomic mass is 10.0. The van der Waals surface area contributed by atoms with Gasteiger partial charge >= 0.3 is 0 Å². The third-order valence-corrected chi connectivity index (χ3v) is 5.54. The summed E-state index contributed by atoms with van der Waals surface area (Å²) >= 11 is 0. The molecule has 4 rings (SSSR count). The van der Waals surface area contributed by atoms with Crippen LogP contribution >= 0.6 is 0 Å². The van der Waals surface area contributed by atoms with Crippen molar-refractivity contribution < 1.29 is 9.53 Å². The molecule has 1 aliphatic heterocycles. The van der Waals surface area contributed by atoms with Gasteiger partial charge in [0, 0.05) is 56.6 Å². The Kier molecular flexibility index (Phi) is 6.40. The van der Waals surface area contributed by atoms with Crippen molar-refractivity contribution in [3.8, 4) is 5.75 Å². The maximum Gasteiger partial charge on any atom is 0.220 e. The number of pyridine rings is 1. The van der Waals surface area contributed by atoms with E-state index in [-0.39, 0.29) is 11.9 Å². The minimum atomic E-state index is 0.0703. The minimum absolute atomic E-state index is 0.0703. The molecule has 2 heterocycles. The van der Waals surface area contributed by atoms with Gasteiger partial charge in [0.05, 0.1) is 6.04 Å². The van der Waals surface area contributed by atoms with Gasteiger partial charge in [-0.1, -0.05) is 54.6 Å². The van der Waals surface area contributed by atoms with Gasteiger partial charge in [0.2, 0.25) is 5.91 Å². The Morgan fingerprint density at radius 1 is 1.03 bits per heavy atom. The van der Waals surface area contributed by atoms with Gasteiger partial charge in [-0.3, -0.25) is 14.7 Å². The number of hydrogen-bond donors (Lipinski definition) is 0. The molecule has 1 fully saturated rings. The van der Waals surface area contributed by atoms with Crippen LogP contribution in [0.4, 0.5) is 0 Å². The first-order valence-corrected chi connectivity index (χ1v) is 10.3. The van der Waals surface area contributed by atoms with Crippen molar-refractivity contribution in [3.63, 3.8) is 0 Å². The fourth-order valence-corrected chi connectivity index (χ4v) is 3.98. The molecule has 1 saturated heterocycles. The van der Waals surface area contributed by atoms with E-state index in [1.54, 1.807) is 13.1 Å². The summed E-state index contributed by atoms with van der Waals surface area (Å²) in [5.41, 5.74) is 3.38. The van der Waals surface area contributed by atoms with E-state index >= 15 is 0 Å². The highest BCUT2D eigenvalue weighted by Gasteiger charge is 2.30. The van der Waals surface area contributed by atoms with Crippen molar-refractivity contribution in [2.24, 2.45) is 0 Å². The quantitative estimate of drug-likeness (QED) is 0.625. The average molecular weight is 402 g/mol. The topological polar surface area (TPSA) is 45.7 Å². The Bertz CT molecular complexity index is 962. The Labute approximate surface area is 177 Å². The lowest BCUT2D eigenvalue weighted by Gasteiger charge is -2.41. The molecular formula is C25H27N3O2. The van der Waals surface area contributed by atoms with E-state index in [2.05, 4.69) is 28.1 Å². The van der Waals surface area contributed by atoms with Crippen LogP contribution in [0.15, 0.2) is 79.1 Å². The number of piperazine rings is 1. The number of ether oxygens (including phenoxy) is 1. The number of amides is 1. The fraction of sp³-hybridized carbons (Fsp3) is 0.280. The molecule has 2 aromatic carbocycles. The molecule has 1 aromatic heterocycles. The molecule has 0 bridgehead atoms. The highest BCUT2D eigenvalue weighted by atomic mass is 16.5. The van der Waals surface area contributed by atoms with E-state index in [4.69, 9.17) is 4.74 Å². The SMILES string of the molecule is CC(=O)N1CCN(Cc2ccccc2OCc2cccnc2)CC1c1ccccc1. The summed E-state index contributed by atoms with van der Waals surface area (Å²) in [6.45, 7) is 5.33. The standard InChI is InChI=1S/C25H27N3O2/c1-20(29)28-15-14-27(18-24(28)22-9-3-2-4-10-22)17-23-11-5-6-12-25(23)30-19-21-8-7-13-26-16-21/h2-13,16,24H,14-15,17-19H2,1H3. The smallest absolute Gasteiger partial charge is 0.220 e. The van der Waals surface area contributed by atoms with Crippen LogP contribution in [0.1, 0.15) is 29.7 Å². The minimum Gasteiger partial charge on any atom is -0.489 e. The number of para-hydroxylation sites is 1. The maximum absolute atomic E-state index is 12.2. The number of hydrogen-bond acceptors (Lipinski definition) is 4. The summed E-state index contributed by atoms with van der Waals surface area (Å²) in [6, 6.07) is 22.5. The van der Waals surface area contributed by atoms with Crippen molar-refractivity contribution in [2.45, 2.75) is 26.1 Å². The fourth-order valence-electron chi connectivity index (χ4n) is 3.98. The van der Waals surface area contributed by atoms with Crippen LogP contribution < -0.4 is 4.74 Å². The van der Waals surface area contributed by atoms with E-state index in [1.165, 1.54) is 5.56 Å². The molecule has 1 unspecified atom stereocenters. The van der Waals surface area contributed by atoms with Crippen molar-refractivity contribution in [2.75, 3.05) is 19.6 Å². The van der Waals surface area contributed by atoms with Gasteiger partial charge in [-0.05, 0) is 17.7 Å². The van der Waals surface area contributed by atoms with Gasteiger partial charge < -0.3 is 9.64 Å². The molecule has 0 saturated carbocycles. The van der Waals surface area contributed by atoms with Crippen molar-refractivity contribution in [3.05, 3.63) is 95.8 Å². The first kappa shape index (κ1) is 20.1. The molecule has 5 heteroatoms. The number of rotatable bonds is 6. The molecule has 1 aliphatic rings. The molecule has 0 N–H and O–H groups in total. The van der Waals surface area contributed by atoms with E-state index in [0.29, 0.717) is 6.61 Å². The maximum atomic E-state index is 12.2. The van der Waals surface area contributed by atoms with Crippen LogP contribution in [0.25, 0.3) is 0 Å². The molecule has 5 nitrogen and oxygen atoms in total. The molecule has 0 radical (unpaired) electrons. The van der Waals surface area contributed by atoms with Crippen molar-refractivity contribution in [1.82, 2.24) is 14.8 Å². The molecule has 0 spiro atoms. The third-order valence-electron chi connectivity index (χ3n) is 5.54. The van der Waals surface area contributed by atoms with Crippen LogP contribution in [-0.2, 0) is 17.9 Å². The predicted molar refractivity (Wildman–Crippen MR) is 117 cm³/mol. The lowest BCUT2D eigenvalue weighted by molar-refractivity contribution is -0.134. The van der Waals surface area contributed by atoms with E-state index < -0.39 is 0 Å². The van der Waals surface area contributed by atoms with E-state index in [9.17, 15) is 4.79 Å². The van der Waals surface area contributed by atoms with Gasteiger partial charge in [0.25, 0.3) is 0 Å². The Morgan fingerprint density at radius 3 is 2.60 bits per heavy atom. The number of carbonyl (C=O) groups is 1. The summed E-state index contributed by atoms with van der Waals surface area (Å²) < 4.78 is 6.10. The first-order chi connectivity index (χ1) is 14.7. The van der Waals surface area contributed by atoms with Gasteiger partial charge in [-0.25, -0.2) is 0 Å². The normalized spacial score (nSPS) is 17.0. The molecule has 3 aromatic rings. The molecule has 1 amide bonds. The number of benzene rings is 2. The van der Waals surface area contributed by atoms with Crippen molar-refractivity contribution in [1.29, 1.82) is 0 Å². The largest absolute Gasteiger partial charge is 0.489 e. The number of nitrogens with zero attached hydrogens (tertiary/aromatic N) is 3.